The lowest BCUT2D eigenvalue weighted by molar-refractivity contribution is 0.630. The van der Waals surface area contributed by atoms with Gasteiger partial charge < -0.3 is 0 Å². The van der Waals surface area contributed by atoms with E-state index in [0.29, 0.717) is 15.3 Å². The largest absolute Gasteiger partial charge is 0.259 e. The first-order valence-electron chi connectivity index (χ1n) is 3.81. The molecule has 10 heavy (non-hydrogen) atoms. The Labute approximate surface area is 72.2 Å². The van der Waals surface area contributed by atoms with Crippen LogP contribution in [0.2, 0.25) is 0 Å². The number of hydrogen-bond donors (Lipinski definition) is 0. The highest BCUT2D eigenvalue weighted by Crippen LogP contribution is 2.38. The molecule has 0 aromatic rings. The van der Waals surface area contributed by atoms with Crippen molar-refractivity contribution in [3.05, 3.63) is 0 Å². The van der Waals surface area contributed by atoms with Crippen molar-refractivity contribution in [1.82, 2.24) is 0 Å². The Morgan fingerprint density at radius 3 is 2.20 bits per heavy atom. The molecule has 2 aliphatic heterocycles. The molecule has 0 saturated carbocycles. The molecule has 2 rings (SSSR count). The molecule has 1 nitrogen and oxygen atoms in total. The van der Waals surface area contributed by atoms with E-state index in [0.717, 1.165) is 12.8 Å². The van der Waals surface area contributed by atoms with Gasteiger partial charge in [0.25, 0.3) is 0 Å². The lowest BCUT2D eigenvalue weighted by Gasteiger charge is -2.22. The molecule has 3 heteroatoms. The average molecular weight is 223 g/mol. The zero-order valence-electron chi connectivity index (χ0n) is 5.75. The van der Waals surface area contributed by atoms with Gasteiger partial charge in [-0.3, -0.25) is 4.21 Å². The van der Waals surface area contributed by atoms with Gasteiger partial charge in [-0.25, -0.2) is 0 Å². The maximum Gasteiger partial charge on any atom is 0.0361 e. The fourth-order valence-electron chi connectivity index (χ4n) is 1.97. The molecule has 2 saturated heterocycles. The highest BCUT2D eigenvalue weighted by atomic mass is 79.9. The second-order valence-corrected chi connectivity index (χ2v) is 6.50. The van der Waals surface area contributed by atoms with Crippen molar-refractivity contribution in [3.8, 4) is 0 Å². The molecule has 2 aliphatic rings. The summed E-state index contributed by atoms with van der Waals surface area (Å²) in [5, 5.41) is 1.06. The van der Waals surface area contributed by atoms with E-state index >= 15 is 0 Å². The van der Waals surface area contributed by atoms with E-state index in [1.54, 1.807) is 0 Å². The Balaban J connectivity index is 2.16. The average Bonchev–Trinajstić information content (AvgIpc) is 2.20. The minimum atomic E-state index is -0.469. The normalized spacial score (nSPS) is 53.3. The minimum absolute atomic E-state index is 0.469. The zero-order chi connectivity index (χ0) is 7.14. The Bertz CT molecular complexity index is 155. The summed E-state index contributed by atoms with van der Waals surface area (Å²) in [5.74, 6) is 0. The van der Waals surface area contributed by atoms with Crippen molar-refractivity contribution >= 4 is 26.7 Å². The summed E-state index contributed by atoms with van der Waals surface area (Å²) in [6.45, 7) is 0. The van der Waals surface area contributed by atoms with Gasteiger partial charge in [0.05, 0.1) is 0 Å². The van der Waals surface area contributed by atoms with E-state index in [4.69, 9.17) is 0 Å². The summed E-state index contributed by atoms with van der Waals surface area (Å²) >= 11 is 3.60. The molecule has 0 aromatic heterocycles. The molecule has 0 radical (unpaired) electrons. The lowest BCUT2D eigenvalue weighted by Crippen LogP contribution is -2.27. The van der Waals surface area contributed by atoms with Crippen LogP contribution in [-0.2, 0) is 10.8 Å². The summed E-state index contributed by atoms with van der Waals surface area (Å²) in [6, 6.07) is 0. The van der Waals surface area contributed by atoms with Gasteiger partial charge in [-0.2, -0.15) is 0 Å². The third-order valence-corrected chi connectivity index (χ3v) is 5.42. The number of fused-ring (bicyclic) bond motifs is 2. The van der Waals surface area contributed by atoms with Gasteiger partial charge in [0.15, 0.2) is 0 Å². The van der Waals surface area contributed by atoms with Crippen LogP contribution < -0.4 is 0 Å². The predicted molar refractivity (Wildman–Crippen MR) is 46.9 cm³/mol. The van der Waals surface area contributed by atoms with Crippen LogP contribution in [-0.4, -0.2) is 19.5 Å². The van der Waals surface area contributed by atoms with Gasteiger partial charge in [0.2, 0.25) is 0 Å². The molecule has 0 N–H and O–H groups in total. The summed E-state index contributed by atoms with van der Waals surface area (Å²) in [6.07, 6.45) is 4.70. The van der Waals surface area contributed by atoms with Gasteiger partial charge in [-0.1, -0.05) is 15.9 Å². The van der Waals surface area contributed by atoms with E-state index in [1.807, 2.05) is 0 Å². The number of halogens is 1. The Kier molecular flexibility index (Phi) is 1.89. The molecule has 0 aliphatic carbocycles. The molecule has 0 amide bonds. The third kappa shape index (κ3) is 1.07. The number of alkyl halides is 1. The van der Waals surface area contributed by atoms with E-state index in [-0.39, 0.29) is 0 Å². The molecular weight excluding hydrogens is 212 g/mol. The first-order valence-corrected chi connectivity index (χ1v) is 6.00. The van der Waals surface area contributed by atoms with E-state index in [9.17, 15) is 4.21 Å². The summed E-state index contributed by atoms with van der Waals surface area (Å²) in [7, 11) is -0.469. The van der Waals surface area contributed by atoms with E-state index in [2.05, 4.69) is 15.9 Å². The highest BCUT2D eigenvalue weighted by Gasteiger charge is 2.39. The molecule has 0 spiro atoms. The van der Waals surface area contributed by atoms with Gasteiger partial charge >= 0.3 is 0 Å². The fraction of sp³-hybridized carbons (Fsp3) is 1.00. The van der Waals surface area contributed by atoms with Crippen LogP contribution in [0.15, 0.2) is 0 Å². The summed E-state index contributed by atoms with van der Waals surface area (Å²) in [5.41, 5.74) is 0. The Hall–Kier alpha value is 0.630. The summed E-state index contributed by atoms with van der Waals surface area (Å²) < 4.78 is 11.4. The highest BCUT2D eigenvalue weighted by molar-refractivity contribution is 9.09. The maximum atomic E-state index is 11.4. The van der Waals surface area contributed by atoms with Crippen LogP contribution in [0.3, 0.4) is 0 Å². The van der Waals surface area contributed by atoms with Crippen LogP contribution in [0, 0.1) is 0 Å². The second kappa shape index (κ2) is 2.59. The van der Waals surface area contributed by atoms with Crippen molar-refractivity contribution < 1.29 is 4.21 Å². The van der Waals surface area contributed by atoms with Crippen LogP contribution in [0.1, 0.15) is 25.7 Å². The quantitative estimate of drug-likeness (QED) is 0.572. The van der Waals surface area contributed by atoms with Gasteiger partial charge in [0, 0.05) is 26.1 Å². The van der Waals surface area contributed by atoms with Crippen molar-refractivity contribution in [3.63, 3.8) is 0 Å². The molecule has 58 valence electrons. The van der Waals surface area contributed by atoms with Crippen molar-refractivity contribution in [2.75, 3.05) is 0 Å². The Morgan fingerprint density at radius 1 is 1.20 bits per heavy atom. The first-order chi connectivity index (χ1) is 4.77. The van der Waals surface area contributed by atoms with E-state index in [1.165, 1.54) is 12.8 Å². The molecule has 2 unspecified atom stereocenters. The number of rotatable bonds is 0. The summed E-state index contributed by atoms with van der Waals surface area (Å²) in [4.78, 5) is 0.655. The predicted octanol–water partition coefficient (Wildman–Crippen LogP) is 1.82. The number of hydrogen-bond acceptors (Lipinski definition) is 1. The van der Waals surface area contributed by atoms with Gasteiger partial charge in [-0.15, -0.1) is 0 Å². The smallest absolute Gasteiger partial charge is 0.0361 e. The topological polar surface area (TPSA) is 17.1 Å². The second-order valence-electron chi connectivity index (χ2n) is 3.22. The zero-order valence-corrected chi connectivity index (χ0v) is 8.16. The van der Waals surface area contributed by atoms with Crippen LogP contribution in [0.25, 0.3) is 0 Å². The van der Waals surface area contributed by atoms with E-state index < -0.39 is 10.8 Å². The molecule has 2 atom stereocenters. The Morgan fingerprint density at radius 2 is 1.70 bits per heavy atom. The monoisotopic (exact) mass is 222 g/mol. The molecule has 2 heterocycles. The first kappa shape index (κ1) is 7.29. The van der Waals surface area contributed by atoms with Gasteiger partial charge in [-0.05, 0) is 25.7 Å². The van der Waals surface area contributed by atoms with Crippen molar-refractivity contribution in [2.24, 2.45) is 0 Å². The lowest BCUT2D eigenvalue weighted by atomic mass is 10.2. The molecule has 2 fully saturated rings. The maximum absolute atomic E-state index is 11.4. The third-order valence-electron chi connectivity index (χ3n) is 2.50. The van der Waals surface area contributed by atoms with Crippen LogP contribution >= 0.6 is 15.9 Å². The van der Waals surface area contributed by atoms with Gasteiger partial charge in [0.1, 0.15) is 0 Å². The molecule has 2 bridgehead atoms. The molecular formula is C7H11BrOS. The minimum Gasteiger partial charge on any atom is -0.259 e. The molecule has 0 aromatic carbocycles. The van der Waals surface area contributed by atoms with Crippen LogP contribution in [0.5, 0.6) is 0 Å². The SMILES string of the molecule is O=S1C2CCC1CC(Br)C2. The van der Waals surface area contributed by atoms with Crippen molar-refractivity contribution in [2.45, 2.75) is 41.0 Å². The van der Waals surface area contributed by atoms with Crippen molar-refractivity contribution in [1.29, 1.82) is 0 Å². The van der Waals surface area contributed by atoms with Crippen LogP contribution in [0.4, 0.5) is 0 Å². The standard InChI is InChI=1S/C7H11BrOS/c8-5-3-6-1-2-7(4-5)10(6)9/h5-7H,1-4H2. The fourth-order valence-corrected chi connectivity index (χ4v) is 5.49.